The first-order chi connectivity index (χ1) is 6.77. The SMILES string of the molecule is CCCCCCCOCCNC(C)C. The van der Waals surface area contributed by atoms with Crippen molar-refractivity contribution in [2.24, 2.45) is 0 Å². The minimum atomic E-state index is 0.572. The second kappa shape index (κ2) is 11.0. The molecule has 0 saturated heterocycles. The molecular weight excluding hydrogens is 174 g/mol. The van der Waals surface area contributed by atoms with Crippen molar-refractivity contribution in [1.82, 2.24) is 5.32 Å². The van der Waals surface area contributed by atoms with E-state index in [4.69, 9.17) is 4.74 Å². The quantitative estimate of drug-likeness (QED) is 0.549. The Morgan fingerprint density at radius 1 is 1.00 bits per heavy atom. The van der Waals surface area contributed by atoms with Gasteiger partial charge in [-0.2, -0.15) is 0 Å². The van der Waals surface area contributed by atoms with E-state index in [0.29, 0.717) is 6.04 Å². The number of nitrogens with one attached hydrogen (secondary N) is 1. The fourth-order valence-electron chi connectivity index (χ4n) is 1.33. The van der Waals surface area contributed by atoms with Crippen molar-refractivity contribution in [3.05, 3.63) is 0 Å². The molecule has 86 valence electrons. The summed E-state index contributed by atoms with van der Waals surface area (Å²) in [5.41, 5.74) is 0. The molecule has 0 saturated carbocycles. The van der Waals surface area contributed by atoms with Crippen LogP contribution >= 0.6 is 0 Å². The molecule has 2 heteroatoms. The van der Waals surface area contributed by atoms with E-state index in [2.05, 4.69) is 26.1 Å². The van der Waals surface area contributed by atoms with Gasteiger partial charge in [-0.3, -0.25) is 0 Å². The van der Waals surface area contributed by atoms with Crippen LogP contribution in [0.15, 0.2) is 0 Å². The van der Waals surface area contributed by atoms with Gasteiger partial charge in [-0.05, 0) is 6.42 Å². The molecule has 0 unspecified atom stereocenters. The molecule has 0 atom stereocenters. The molecule has 0 aromatic heterocycles. The van der Waals surface area contributed by atoms with Crippen LogP contribution < -0.4 is 5.32 Å². The standard InChI is InChI=1S/C12H27NO/c1-4-5-6-7-8-10-14-11-9-13-12(2)3/h12-13H,4-11H2,1-3H3. The Kier molecular flexibility index (Phi) is 10.9. The van der Waals surface area contributed by atoms with Gasteiger partial charge in [0.15, 0.2) is 0 Å². The van der Waals surface area contributed by atoms with Gasteiger partial charge in [0.2, 0.25) is 0 Å². The lowest BCUT2D eigenvalue weighted by Gasteiger charge is -2.08. The molecule has 0 spiro atoms. The zero-order chi connectivity index (χ0) is 10.6. The Balaban J connectivity index is 2.85. The summed E-state index contributed by atoms with van der Waals surface area (Å²) >= 11 is 0. The first-order valence-corrected chi connectivity index (χ1v) is 6.08. The Morgan fingerprint density at radius 2 is 1.71 bits per heavy atom. The summed E-state index contributed by atoms with van der Waals surface area (Å²) in [5.74, 6) is 0. The largest absolute Gasteiger partial charge is 0.380 e. The number of ether oxygens (including phenoxy) is 1. The van der Waals surface area contributed by atoms with Crippen molar-refractivity contribution in [2.45, 2.75) is 58.9 Å². The highest BCUT2D eigenvalue weighted by atomic mass is 16.5. The molecule has 0 fully saturated rings. The van der Waals surface area contributed by atoms with Crippen LogP contribution in [0.3, 0.4) is 0 Å². The molecule has 2 nitrogen and oxygen atoms in total. The smallest absolute Gasteiger partial charge is 0.0590 e. The third kappa shape index (κ3) is 11.9. The van der Waals surface area contributed by atoms with Crippen LogP contribution in [0.25, 0.3) is 0 Å². The molecule has 0 aliphatic heterocycles. The molecule has 0 aliphatic carbocycles. The Bertz CT molecular complexity index is 104. The highest BCUT2D eigenvalue weighted by Gasteiger charge is 1.92. The van der Waals surface area contributed by atoms with Crippen LogP contribution in [0.4, 0.5) is 0 Å². The highest BCUT2D eigenvalue weighted by molar-refractivity contribution is 4.51. The zero-order valence-corrected chi connectivity index (χ0v) is 10.1. The van der Waals surface area contributed by atoms with Gasteiger partial charge in [0.1, 0.15) is 0 Å². The van der Waals surface area contributed by atoms with E-state index >= 15 is 0 Å². The topological polar surface area (TPSA) is 21.3 Å². The number of rotatable bonds is 10. The maximum atomic E-state index is 5.50. The van der Waals surface area contributed by atoms with Gasteiger partial charge in [-0.25, -0.2) is 0 Å². The van der Waals surface area contributed by atoms with E-state index < -0.39 is 0 Å². The van der Waals surface area contributed by atoms with E-state index in [9.17, 15) is 0 Å². The second-order valence-corrected chi connectivity index (χ2v) is 4.14. The van der Waals surface area contributed by atoms with Gasteiger partial charge in [0.05, 0.1) is 6.61 Å². The van der Waals surface area contributed by atoms with Crippen molar-refractivity contribution < 1.29 is 4.74 Å². The normalized spacial score (nSPS) is 11.1. The first kappa shape index (κ1) is 13.9. The minimum Gasteiger partial charge on any atom is -0.380 e. The van der Waals surface area contributed by atoms with Crippen LogP contribution in [0, 0.1) is 0 Å². The van der Waals surface area contributed by atoms with E-state index in [1.807, 2.05) is 0 Å². The van der Waals surface area contributed by atoms with Crippen molar-refractivity contribution in [1.29, 1.82) is 0 Å². The van der Waals surface area contributed by atoms with Crippen LogP contribution in [0.2, 0.25) is 0 Å². The van der Waals surface area contributed by atoms with E-state index in [-0.39, 0.29) is 0 Å². The molecular formula is C12H27NO. The summed E-state index contributed by atoms with van der Waals surface area (Å²) in [6.45, 7) is 9.33. The lowest BCUT2D eigenvalue weighted by molar-refractivity contribution is 0.130. The lowest BCUT2D eigenvalue weighted by atomic mass is 10.2. The van der Waals surface area contributed by atoms with Gasteiger partial charge < -0.3 is 10.1 Å². The fraction of sp³-hybridized carbons (Fsp3) is 1.00. The van der Waals surface area contributed by atoms with Gasteiger partial charge in [-0.15, -0.1) is 0 Å². The van der Waals surface area contributed by atoms with Crippen molar-refractivity contribution in [3.63, 3.8) is 0 Å². The average Bonchev–Trinajstić information content (AvgIpc) is 2.15. The Labute approximate surface area is 89.4 Å². The molecule has 1 N–H and O–H groups in total. The predicted octanol–water partition coefficient (Wildman–Crippen LogP) is 2.97. The van der Waals surface area contributed by atoms with Gasteiger partial charge >= 0.3 is 0 Å². The number of hydrogen-bond acceptors (Lipinski definition) is 2. The molecule has 0 bridgehead atoms. The third-order valence-electron chi connectivity index (χ3n) is 2.19. The predicted molar refractivity (Wildman–Crippen MR) is 62.7 cm³/mol. The molecule has 0 aliphatic rings. The Hall–Kier alpha value is -0.0800. The van der Waals surface area contributed by atoms with Crippen molar-refractivity contribution in [3.8, 4) is 0 Å². The number of hydrogen-bond donors (Lipinski definition) is 1. The molecule has 0 aromatic carbocycles. The summed E-state index contributed by atoms with van der Waals surface area (Å²) in [5, 5.41) is 3.33. The molecule has 0 amide bonds. The van der Waals surface area contributed by atoms with Gasteiger partial charge in [0, 0.05) is 19.2 Å². The molecule has 0 heterocycles. The molecule has 0 aromatic rings. The van der Waals surface area contributed by atoms with E-state index in [1.54, 1.807) is 0 Å². The summed E-state index contributed by atoms with van der Waals surface area (Å²) in [6.07, 6.45) is 6.60. The first-order valence-electron chi connectivity index (χ1n) is 6.08. The van der Waals surface area contributed by atoms with Crippen LogP contribution in [-0.4, -0.2) is 25.8 Å². The molecule has 0 rings (SSSR count). The van der Waals surface area contributed by atoms with E-state index in [1.165, 1.54) is 32.1 Å². The van der Waals surface area contributed by atoms with Crippen molar-refractivity contribution >= 4 is 0 Å². The minimum absolute atomic E-state index is 0.572. The average molecular weight is 201 g/mol. The summed E-state index contributed by atoms with van der Waals surface area (Å²) in [4.78, 5) is 0. The number of unbranched alkanes of at least 4 members (excludes halogenated alkanes) is 4. The van der Waals surface area contributed by atoms with Crippen LogP contribution in [0.1, 0.15) is 52.9 Å². The summed E-state index contributed by atoms with van der Waals surface area (Å²) < 4.78 is 5.50. The maximum Gasteiger partial charge on any atom is 0.0590 e. The second-order valence-electron chi connectivity index (χ2n) is 4.14. The Morgan fingerprint density at radius 3 is 2.36 bits per heavy atom. The fourth-order valence-corrected chi connectivity index (χ4v) is 1.33. The summed E-state index contributed by atoms with van der Waals surface area (Å²) in [7, 11) is 0. The monoisotopic (exact) mass is 201 g/mol. The molecule has 14 heavy (non-hydrogen) atoms. The van der Waals surface area contributed by atoms with Crippen LogP contribution in [0.5, 0.6) is 0 Å². The molecule has 0 radical (unpaired) electrons. The van der Waals surface area contributed by atoms with E-state index in [0.717, 1.165) is 19.8 Å². The zero-order valence-electron chi connectivity index (χ0n) is 10.1. The highest BCUT2D eigenvalue weighted by Crippen LogP contribution is 2.01. The van der Waals surface area contributed by atoms with Gasteiger partial charge in [-0.1, -0.05) is 46.5 Å². The third-order valence-corrected chi connectivity index (χ3v) is 2.19. The lowest BCUT2D eigenvalue weighted by Crippen LogP contribution is -2.26. The summed E-state index contributed by atoms with van der Waals surface area (Å²) in [6, 6.07) is 0.572. The maximum absolute atomic E-state index is 5.50. The van der Waals surface area contributed by atoms with Crippen molar-refractivity contribution in [2.75, 3.05) is 19.8 Å². The van der Waals surface area contributed by atoms with Crippen LogP contribution in [-0.2, 0) is 4.74 Å². The van der Waals surface area contributed by atoms with Gasteiger partial charge in [0.25, 0.3) is 0 Å².